The van der Waals surface area contributed by atoms with Crippen LogP contribution in [0.15, 0.2) is 30.3 Å². The maximum atomic E-state index is 11.8. The van der Waals surface area contributed by atoms with E-state index in [1.807, 2.05) is 13.0 Å². The molecule has 0 saturated heterocycles. The van der Waals surface area contributed by atoms with Crippen LogP contribution in [0.25, 0.3) is 0 Å². The van der Waals surface area contributed by atoms with Gasteiger partial charge in [-0.2, -0.15) is 0 Å². The number of esters is 1. The van der Waals surface area contributed by atoms with Crippen molar-refractivity contribution in [1.29, 1.82) is 0 Å². The SMILES string of the molecule is CCOC(=O)C[C@H](c1ccccc1)C1CCCCC1. The smallest absolute Gasteiger partial charge is 0.306 e. The van der Waals surface area contributed by atoms with Gasteiger partial charge in [-0.1, -0.05) is 49.6 Å². The van der Waals surface area contributed by atoms with Crippen LogP contribution in [0.5, 0.6) is 0 Å². The van der Waals surface area contributed by atoms with E-state index < -0.39 is 0 Å². The topological polar surface area (TPSA) is 26.3 Å². The lowest BCUT2D eigenvalue weighted by atomic mass is 9.75. The maximum absolute atomic E-state index is 11.8. The fourth-order valence-electron chi connectivity index (χ4n) is 3.19. The Kier molecular flexibility index (Phi) is 5.44. The van der Waals surface area contributed by atoms with Crippen molar-refractivity contribution < 1.29 is 9.53 Å². The average Bonchev–Trinajstić information content (AvgIpc) is 2.47. The zero-order chi connectivity index (χ0) is 13.5. The van der Waals surface area contributed by atoms with Crippen LogP contribution < -0.4 is 0 Å². The fraction of sp³-hybridized carbons (Fsp3) is 0.588. The van der Waals surface area contributed by atoms with E-state index in [0.717, 1.165) is 0 Å². The molecule has 1 aliphatic carbocycles. The van der Waals surface area contributed by atoms with Crippen LogP contribution in [0.4, 0.5) is 0 Å². The van der Waals surface area contributed by atoms with Gasteiger partial charge in [0, 0.05) is 0 Å². The second-order valence-electron chi connectivity index (χ2n) is 5.42. The first-order valence-corrected chi connectivity index (χ1v) is 7.52. The van der Waals surface area contributed by atoms with Gasteiger partial charge in [-0.3, -0.25) is 4.79 Å². The summed E-state index contributed by atoms with van der Waals surface area (Å²) in [6.45, 7) is 2.35. The zero-order valence-corrected chi connectivity index (χ0v) is 11.8. The number of hydrogen-bond acceptors (Lipinski definition) is 2. The Bertz CT molecular complexity index is 380. The molecule has 104 valence electrons. The molecule has 1 aromatic rings. The lowest BCUT2D eigenvalue weighted by Gasteiger charge is -2.30. The Hall–Kier alpha value is -1.31. The van der Waals surface area contributed by atoms with E-state index in [4.69, 9.17) is 4.74 Å². The summed E-state index contributed by atoms with van der Waals surface area (Å²) < 4.78 is 5.15. The van der Waals surface area contributed by atoms with E-state index in [1.54, 1.807) is 0 Å². The molecular weight excluding hydrogens is 236 g/mol. The van der Waals surface area contributed by atoms with E-state index in [1.165, 1.54) is 37.7 Å². The summed E-state index contributed by atoms with van der Waals surface area (Å²) >= 11 is 0. The Labute approximate surface area is 116 Å². The van der Waals surface area contributed by atoms with Crippen LogP contribution in [0.2, 0.25) is 0 Å². The highest BCUT2D eigenvalue weighted by Crippen LogP contribution is 2.38. The number of benzene rings is 1. The lowest BCUT2D eigenvalue weighted by molar-refractivity contribution is -0.144. The molecular formula is C17H24O2. The molecule has 0 heterocycles. The van der Waals surface area contributed by atoms with Gasteiger partial charge in [0.1, 0.15) is 0 Å². The summed E-state index contributed by atoms with van der Waals surface area (Å²) in [6, 6.07) is 10.5. The monoisotopic (exact) mass is 260 g/mol. The van der Waals surface area contributed by atoms with Crippen molar-refractivity contribution >= 4 is 5.97 Å². The highest BCUT2D eigenvalue weighted by Gasteiger charge is 2.27. The first-order valence-electron chi connectivity index (χ1n) is 7.52. The normalized spacial score (nSPS) is 17.9. The molecule has 1 aliphatic rings. The molecule has 0 amide bonds. The van der Waals surface area contributed by atoms with Crippen LogP contribution in [0.1, 0.15) is 56.9 Å². The quantitative estimate of drug-likeness (QED) is 0.738. The fourth-order valence-corrected chi connectivity index (χ4v) is 3.19. The van der Waals surface area contributed by atoms with E-state index >= 15 is 0 Å². The van der Waals surface area contributed by atoms with Gasteiger partial charge >= 0.3 is 5.97 Å². The molecule has 0 aromatic heterocycles. The van der Waals surface area contributed by atoms with Crippen molar-refractivity contribution in [2.45, 2.75) is 51.4 Å². The largest absolute Gasteiger partial charge is 0.466 e. The second-order valence-corrected chi connectivity index (χ2v) is 5.42. The van der Waals surface area contributed by atoms with Gasteiger partial charge in [-0.15, -0.1) is 0 Å². The van der Waals surface area contributed by atoms with Crippen molar-refractivity contribution in [1.82, 2.24) is 0 Å². The minimum atomic E-state index is -0.0538. The maximum Gasteiger partial charge on any atom is 0.306 e. The van der Waals surface area contributed by atoms with E-state index in [9.17, 15) is 4.79 Å². The van der Waals surface area contributed by atoms with Crippen molar-refractivity contribution in [2.24, 2.45) is 5.92 Å². The Morgan fingerprint density at radius 3 is 2.53 bits per heavy atom. The van der Waals surface area contributed by atoms with Crippen LogP contribution in [0, 0.1) is 5.92 Å². The van der Waals surface area contributed by atoms with Crippen LogP contribution in [0.3, 0.4) is 0 Å². The van der Waals surface area contributed by atoms with Crippen LogP contribution in [-0.2, 0) is 9.53 Å². The molecule has 1 saturated carbocycles. The van der Waals surface area contributed by atoms with Gasteiger partial charge in [-0.25, -0.2) is 0 Å². The first-order chi connectivity index (χ1) is 9.31. The van der Waals surface area contributed by atoms with E-state index in [0.29, 0.717) is 24.9 Å². The predicted molar refractivity (Wildman–Crippen MR) is 77.0 cm³/mol. The standard InChI is InChI=1S/C17H24O2/c1-2-19-17(18)13-16(14-9-5-3-6-10-14)15-11-7-4-8-12-15/h3,5-6,9-10,15-16H,2,4,7-8,11-13H2,1H3/t16-/m1/s1. The van der Waals surface area contributed by atoms with Crippen molar-refractivity contribution in [3.05, 3.63) is 35.9 Å². The molecule has 0 aliphatic heterocycles. The Morgan fingerprint density at radius 1 is 1.21 bits per heavy atom. The van der Waals surface area contributed by atoms with E-state index in [-0.39, 0.29) is 5.97 Å². The summed E-state index contributed by atoms with van der Waals surface area (Å²) in [5.74, 6) is 0.919. The zero-order valence-electron chi connectivity index (χ0n) is 11.8. The third-order valence-electron chi connectivity index (χ3n) is 4.14. The highest BCUT2D eigenvalue weighted by molar-refractivity contribution is 5.70. The summed E-state index contributed by atoms with van der Waals surface area (Å²) in [5.41, 5.74) is 1.29. The van der Waals surface area contributed by atoms with Gasteiger partial charge in [0.25, 0.3) is 0 Å². The minimum Gasteiger partial charge on any atom is -0.466 e. The molecule has 0 unspecified atom stereocenters. The summed E-state index contributed by atoms with van der Waals surface area (Å²) in [4.78, 5) is 11.8. The van der Waals surface area contributed by atoms with Gasteiger partial charge < -0.3 is 4.74 Å². The minimum absolute atomic E-state index is 0.0538. The van der Waals surface area contributed by atoms with Crippen molar-refractivity contribution in [3.63, 3.8) is 0 Å². The number of carbonyl (C=O) groups is 1. The third kappa shape index (κ3) is 4.09. The van der Waals surface area contributed by atoms with Gasteiger partial charge in [0.05, 0.1) is 13.0 Å². The third-order valence-corrected chi connectivity index (χ3v) is 4.14. The summed E-state index contributed by atoms with van der Waals surface area (Å²) in [6.07, 6.45) is 6.98. The van der Waals surface area contributed by atoms with Crippen LogP contribution in [-0.4, -0.2) is 12.6 Å². The second kappa shape index (κ2) is 7.32. The molecule has 0 bridgehead atoms. The molecule has 2 heteroatoms. The van der Waals surface area contributed by atoms with Gasteiger partial charge in [0.2, 0.25) is 0 Å². The number of rotatable bonds is 5. The average molecular weight is 260 g/mol. The van der Waals surface area contributed by atoms with Gasteiger partial charge in [-0.05, 0) is 37.2 Å². The molecule has 1 fully saturated rings. The predicted octanol–water partition coefficient (Wildman–Crippen LogP) is 4.30. The molecule has 1 aromatic carbocycles. The first kappa shape index (κ1) is 14.1. The molecule has 0 radical (unpaired) electrons. The summed E-state index contributed by atoms with van der Waals surface area (Å²) in [7, 11) is 0. The summed E-state index contributed by atoms with van der Waals surface area (Å²) in [5, 5.41) is 0. The van der Waals surface area contributed by atoms with E-state index in [2.05, 4.69) is 24.3 Å². The van der Waals surface area contributed by atoms with Crippen LogP contribution >= 0.6 is 0 Å². The Morgan fingerprint density at radius 2 is 1.89 bits per heavy atom. The molecule has 1 atom stereocenters. The van der Waals surface area contributed by atoms with Crippen molar-refractivity contribution in [3.8, 4) is 0 Å². The van der Waals surface area contributed by atoms with Crippen molar-refractivity contribution in [2.75, 3.05) is 6.61 Å². The number of hydrogen-bond donors (Lipinski definition) is 0. The molecule has 2 rings (SSSR count). The molecule has 19 heavy (non-hydrogen) atoms. The van der Waals surface area contributed by atoms with Gasteiger partial charge in [0.15, 0.2) is 0 Å². The molecule has 2 nitrogen and oxygen atoms in total. The Balaban J connectivity index is 2.10. The lowest BCUT2D eigenvalue weighted by Crippen LogP contribution is -2.20. The number of carbonyl (C=O) groups excluding carboxylic acids is 1. The molecule has 0 spiro atoms. The molecule has 0 N–H and O–H groups in total. The number of ether oxygens (including phenoxy) is 1. The highest BCUT2D eigenvalue weighted by atomic mass is 16.5.